The van der Waals surface area contributed by atoms with Crippen LogP contribution in [0, 0.1) is 0 Å². The molecule has 0 aliphatic carbocycles. The molecule has 0 bridgehead atoms. The highest BCUT2D eigenvalue weighted by molar-refractivity contribution is 14.0. The second kappa shape index (κ2) is 9.84. The molecule has 2 heterocycles. The third kappa shape index (κ3) is 5.15. The largest absolute Gasteiger partial charge is 0.454 e. The molecule has 1 aromatic rings. The summed E-state index contributed by atoms with van der Waals surface area (Å²) in [6.07, 6.45) is 2.38. The minimum atomic E-state index is 0. The number of amides is 1. The van der Waals surface area contributed by atoms with Crippen molar-refractivity contribution in [2.24, 2.45) is 4.99 Å². The van der Waals surface area contributed by atoms with Gasteiger partial charge in [0.25, 0.3) is 0 Å². The summed E-state index contributed by atoms with van der Waals surface area (Å²) in [6.45, 7) is 4.53. The van der Waals surface area contributed by atoms with Crippen LogP contribution >= 0.6 is 24.0 Å². The zero-order chi connectivity index (χ0) is 17.6. The van der Waals surface area contributed by atoms with E-state index in [1.54, 1.807) is 7.05 Å². The normalized spacial score (nSPS) is 18.5. The number of halogens is 1. The predicted octanol–water partition coefficient (Wildman–Crippen LogP) is 1.75. The molecule has 0 radical (unpaired) electrons. The Morgan fingerprint density at radius 3 is 2.92 bits per heavy atom. The molecular formula is C18H27IN4O3. The van der Waals surface area contributed by atoms with Gasteiger partial charge in [-0.2, -0.15) is 0 Å². The van der Waals surface area contributed by atoms with Crippen LogP contribution in [-0.4, -0.2) is 56.3 Å². The Labute approximate surface area is 171 Å². The number of hydrogen-bond acceptors (Lipinski definition) is 4. The number of hydrogen-bond donors (Lipinski definition) is 2. The van der Waals surface area contributed by atoms with Gasteiger partial charge in [-0.15, -0.1) is 24.0 Å². The molecule has 3 rings (SSSR count). The Balaban J connectivity index is 0.00000243. The molecule has 1 atom stereocenters. The maximum absolute atomic E-state index is 11.8. The van der Waals surface area contributed by atoms with Gasteiger partial charge in [0.15, 0.2) is 17.5 Å². The first-order valence-corrected chi connectivity index (χ1v) is 8.83. The fourth-order valence-electron chi connectivity index (χ4n) is 3.14. The fourth-order valence-corrected chi connectivity index (χ4v) is 3.14. The van der Waals surface area contributed by atoms with Crippen LogP contribution in [0.4, 0.5) is 0 Å². The molecule has 2 N–H and O–H groups in total. The minimum absolute atomic E-state index is 0. The Morgan fingerprint density at radius 1 is 1.35 bits per heavy atom. The van der Waals surface area contributed by atoms with Gasteiger partial charge < -0.3 is 25.0 Å². The number of carbonyl (C=O) groups is 1. The second-order valence-electron chi connectivity index (χ2n) is 6.26. The number of likely N-dealkylation sites (tertiary alicyclic amines) is 1. The van der Waals surface area contributed by atoms with Gasteiger partial charge in [0, 0.05) is 39.1 Å². The molecule has 0 aromatic heterocycles. The van der Waals surface area contributed by atoms with Crippen molar-refractivity contribution in [2.75, 3.05) is 33.5 Å². The number of guanidine groups is 1. The van der Waals surface area contributed by atoms with Crippen LogP contribution < -0.4 is 20.1 Å². The van der Waals surface area contributed by atoms with Gasteiger partial charge in [0.05, 0.1) is 0 Å². The number of aliphatic imine (C=N–C) groups is 1. The highest BCUT2D eigenvalue weighted by Gasteiger charge is 2.25. The maximum atomic E-state index is 11.8. The number of rotatable bonds is 5. The smallest absolute Gasteiger partial charge is 0.231 e. The molecule has 2 aliphatic rings. The first-order valence-electron chi connectivity index (χ1n) is 8.83. The van der Waals surface area contributed by atoms with E-state index in [0.717, 1.165) is 49.9 Å². The average molecular weight is 474 g/mol. The first-order chi connectivity index (χ1) is 12.2. The van der Waals surface area contributed by atoms with Crippen molar-refractivity contribution in [3.63, 3.8) is 0 Å². The molecular weight excluding hydrogens is 447 g/mol. The Bertz CT molecular complexity index is 653. The SMILES string of the molecule is CCC(=O)N1CCC(NC(=NC)NCCc2ccc3c(c2)OCO3)C1.I. The molecule has 1 amide bonds. The van der Waals surface area contributed by atoms with Crippen LogP contribution in [0.3, 0.4) is 0 Å². The lowest BCUT2D eigenvalue weighted by Gasteiger charge is -2.18. The van der Waals surface area contributed by atoms with Gasteiger partial charge in [-0.3, -0.25) is 9.79 Å². The molecule has 8 heteroatoms. The van der Waals surface area contributed by atoms with Crippen LogP contribution in [-0.2, 0) is 11.2 Å². The summed E-state index contributed by atoms with van der Waals surface area (Å²) in [5.74, 6) is 2.61. The fraction of sp³-hybridized carbons (Fsp3) is 0.556. The van der Waals surface area contributed by atoms with Crippen molar-refractivity contribution in [3.8, 4) is 11.5 Å². The van der Waals surface area contributed by atoms with E-state index in [2.05, 4.69) is 21.7 Å². The van der Waals surface area contributed by atoms with Crippen LogP contribution in [0.2, 0.25) is 0 Å². The third-order valence-corrected chi connectivity index (χ3v) is 4.55. The Morgan fingerprint density at radius 2 is 2.15 bits per heavy atom. The molecule has 1 fully saturated rings. The van der Waals surface area contributed by atoms with Crippen LogP contribution in [0.15, 0.2) is 23.2 Å². The lowest BCUT2D eigenvalue weighted by atomic mass is 10.1. The van der Waals surface area contributed by atoms with E-state index in [1.165, 1.54) is 5.56 Å². The summed E-state index contributed by atoms with van der Waals surface area (Å²) in [7, 11) is 1.76. The molecule has 144 valence electrons. The van der Waals surface area contributed by atoms with E-state index in [-0.39, 0.29) is 35.9 Å². The van der Waals surface area contributed by atoms with E-state index in [4.69, 9.17) is 9.47 Å². The first kappa shape index (κ1) is 20.6. The van der Waals surface area contributed by atoms with Gasteiger partial charge in [-0.1, -0.05) is 13.0 Å². The standard InChI is InChI=1S/C18H26N4O3.HI/c1-3-17(23)22-9-7-14(11-22)21-18(19-2)20-8-6-13-4-5-15-16(10-13)25-12-24-15;/h4-5,10,14H,3,6-9,11-12H2,1-2H3,(H2,19,20,21);1H. The van der Waals surface area contributed by atoms with Gasteiger partial charge in [0.2, 0.25) is 12.7 Å². The van der Waals surface area contributed by atoms with Crippen LogP contribution in [0.5, 0.6) is 11.5 Å². The van der Waals surface area contributed by atoms with Gasteiger partial charge in [-0.05, 0) is 30.5 Å². The number of nitrogens with zero attached hydrogens (tertiary/aromatic N) is 2. The molecule has 1 aromatic carbocycles. The van der Waals surface area contributed by atoms with E-state index in [9.17, 15) is 4.79 Å². The molecule has 2 aliphatic heterocycles. The van der Waals surface area contributed by atoms with E-state index >= 15 is 0 Å². The molecule has 0 spiro atoms. The van der Waals surface area contributed by atoms with E-state index in [0.29, 0.717) is 13.2 Å². The van der Waals surface area contributed by atoms with E-state index in [1.807, 2.05) is 24.0 Å². The maximum Gasteiger partial charge on any atom is 0.231 e. The zero-order valence-corrected chi connectivity index (χ0v) is 17.6. The third-order valence-electron chi connectivity index (χ3n) is 4.55. The van der Waals surface area contributed by atoms with E-state index < -0.39 is 0 Å². The van der Waals surface area contributed by atoms with Gasteiger partial charge in [-0.25, -0.2) is 0 Å². The summed E-state index contributed by atoms with van der Waals surface area (Å²) in [5, 5.41) is 6.74. The average Bonchev–Trinajstić information content (AvgIpc) is 3.28. The number of nitrogens with one attached hydrogen (secondary N) is 2. The minimum Gasteiger partial charge on any atom is -0.454 e. The number of fused-ring (bicyclic) bond motifs is 1. The van der Waals surface area contributed by atoms with Crippen molar-refractivity contribution < 1.29 is 14.3 Å². The van der Waals surface area contributed by atoms with Crippen molar-refractivity contribution in [1.29, 1.82) is 0 Å². The van der Waals surface area contributed by atoms with Crippen LogP contribution in [0.25, 0.3) is 0 Å². The van der Waals surface area contributed by atoms with Gasteiger partial charge in [0.1, 0.15) is 0 Å². The lowest BCUT2D eigenvalue weighted by Crippen LogP contribution is -2.45. The lowest BCUT2D eigenvalue weighted by molar-refractivity contribution is -0.129. The van der Waals surface area contributed by atoms with Crippen molar-refractivity contribution in [1.82, 2.24) is 15.5 Å². The van der Waals surface area contributed by atoms with Crippen molar-refractivity contribution in [3.05, 3.63) is 23.8 Å². The molecule has 26 heavy (non-hydrogen) atoms. The monoisotopic (exact) mass is 474 g/mol. The molecule has 7 nitrogen and oxygen atoms in total. The summed E-state index contributed by atoms with van der Waals surface area (Å²) >= 11 is 0. The number of ether oxygens (including phenoxy) is 2. The molecule has 1 saturated heterocycles. The Hall–Kier alpha value is -1.71. The number of carbonyl (C=O) groups excluding carboxylic acids is 1. The Kier molecular flexibility index (Phi) is 7.80. The second-order valence-corrected chi connectivity index (χ2v) is 6.26. The molecule has 1 unspecified atom stereocenters. The summed E-state index contributed by atoms with van der Waals surface area (Å²) < 4.78 is 10.7. The summed E-state index contributed by atoms with van der Waals surface area (Å²) in [5.41, 5.74) is 1.19. The highest BCUT2D eigenvalue weighted by Crippen LogP contribution is 2.32. The quantitative estimate of drug-likeness (QED) is 0.387. The topological polar surface area (TPSA) is 75.2 Å². The van der Waals surface area contributed by atoms with Crippen molar-refractivity contribution in [2.45, 2.75) is 32.2 Å². The summed E-state index contributed by atoms with van der Waals surface area (Å²) in [6, 6.07) is 6.28. The van der Waals surface area contributed by atoms with Crippen LogP contribution in [0.1, 0.15) is 25.3 Å². The predicted molar refractivity (Wildman–Crippen MR) is 111 cm³/mol. The molecule has 0 saturated carbocycles. The van der Waals surface area contributed by atoms with Gasteiger partial charge >= 0.3 is 0 Å². The highest BCUT2D eigenvalue weighted by atomic mass is 127. The number of benzene rings is 1. The zero-order valence-electron chi connectivity index (χ0n) is 15.3. The van der Waals surface area contributed by atoms with Crippen molar-refractivity contribution >= 4 is 35.8 Å². The summed E-state index contributed by atoms with van der Waals surface area (Å²) in [4.78, 5) is 17.9.